The number of fused-ring (bicyclic) bond motifs is 1. The second-order valence-electron chi connectivity index (χ2n) is 7.37. The van der Waals surface area contributed by atoms with Crippen LogP contribution in [0, 0.1) is 13.8 Å². The third kappa shape index (κ3) is 4.25. The molecule has 4 rings (SSSR count). The van der Waals surface area contributed by atoms with Crippen LogP contribution < -0.4 is 10.5 Å². The Labute approximate surface area is 190 Å². The molecule has 0 radical (unpaired) electrons. The van der Waals surface area contributed by atoms with Crippen LogP contribution in [0.15, 0.2) is 58.8 Å². The van der Waals surface area contributed by atoms with Crippen LogP contribution in [0.25, 0.3) is 16.9 Å². The Balaban J connectivity index is 1.91. The van der Waals surface area contributed by atoms with Gasteiger partial charge in [-0.05, 0) is 45.0 Å². The highest BCUT2D eigenvalue weighted by molar-refractivity contribution is 5.98. The quantitative estimate of drug-likeness (QED) is 0.323. The molecule has 33 heavy (non-hydrogen) atoms. The van der Waals surface area contributed by atoms with Gasteiger partial charge >= 0.3 is 5.97 Å². The van der Waals surface area contributed by atoms with Crippen molar-refractivity contribution in [1.82, 2.24) is 14.6 Å². The van der Waals surface area contributed by atoms with E-state index in [1.165, 1.54) is 4.52 Å². The molecule has 0 aliphatic rings. The van der Waals surface area contributed by atoms with E-state index in [0.29, 0.717) is 34.0 Å². The van der Waals surface area contributed by atoms with Crippen molar-refractivity contribution in [3.05, 3.63) is 65.4 Å². The van der Waals surface area contributed by atoms with Crippen molar-refractivity contribution in [3.8, 4) is 17.0 Å². The maximum Gasteiger partial charge on any atom is 0.342 e. The van der Waals surface area contributed by atoms with Gasteiger partial charge in [0.2, 0.25) is 0 Å². The van der Waals surface area contributed by atoms with Crippen LogP contribution in [-0.4, -0.2) is 34.3 Å². The van der Waals surface area contributed by atoms with E-state index in [4.69, 9.17) is 15.2 Å². The van der Waals surface area contributed by atoms with E-state index in [2.05, 4.69) is 20.3 Å². The minimum Gasteiger partial charge on any atom is -0.497 e. The number of aromatic nitrogens is 3. The van der Waals surface area contributed by atoms with E-state index < -0.39 is 5.97 Å². The standard InChI is InChI=1S/C24H24N6O3/c1-5-33-24(31)19-15(3)26-23-20(28-27-17-10-12-18(32-4)13-11-17)22(25)29-30(23)21(19)16-8-6-14(2)7-9-16/h6-13H,5H2,1-4H3,(H2,25,29). The summed E-state index contributed by atoms with van der Waals surface area (Å²) in [6, 6.07) is 14.9. The molecule has 0 amide bonds. The summed E-state index contributed by atoms with van der Waals surface area (Å²) in [6.07, 6.45) is 0. The number of anilines is 1. The van der Waals surface area contributed by atoms with E-state index in [1.54, 1.807) is 45.2 Å². The molecule has 0 bridgehead atoms. The van der Waals surface area contributed by atoms with Crippen molar-refractivity contribution in [2.75, 3.05) is 19.5 Å². The number of hydrogen-bond donors (Lipinski definition) is 1. The monoisotopic (exact) mass is 444 g/mol. The van der Waals surface area contributed by atoms with Crippen LogP contribution >= 0.6 is 0 Å². The fraction of sp³-hybridized carbons (Fsp3) is 0.208. The maximum atomic E-state index is 12.8. The minimum absolute atomic E-state index is 0.147. The number of nitrogens with zero attached hydrogens (tertiary/aromatic N) is 5. The lowest BCUT2D eigenvalue weighted by molar-refractivity contribution is 0.0525. The zero-order chi connectivity index (χ0) is 23.5. The average molecular weight is 444 g/mol. The van der Waals surface area contributed by atoms with Crippen molar-refractivity contribution in [2.24, 2.45) is 10.2 Å². The molecule has 2 heterocycles. The number of ether oxygens (including phenoxy) is 2. The number of methoxy groups -OCH3 is 1. The highest BCUT2D eigenvalue weighted by Crippen LogP contribution is 2.34. The van der Waals surface area contributed by atoms with Crippen LogP contribution in [0.3, 0.4) is 0 Å². The Morgan fingerprint density at radius 2 is 1.76 bits per heavy atom. The third-order valence-electron chi connectivity index (χ3n) is 5.09. The van der Waals surface area contributed by atoms with Crippen molar-refractivity contribution in [3.63, 3.8) is 0 Å². The number of rotatable bonds is 6. The molecule has 2 aromatic heterocycles. The van der Waals surface area contributed by atoms with Gasteiger partial charge in [0, 0.05) is 5.56 Å². The second kappa shape index (κ2) is 9.07. The number of benzene rings is 2. The molecule has 0 aliphatic carbocycles. The number of hydrogen-bond acceptors (Lipinski definition) is 8. The van der Waals surface area contributed by atoms with Gasteiger partial charge in [-0.1, -0.05) is 29.8 Å². The molecule has 168 valence electrons. The fourth-order valence-corrected chi connectivity index (χ4v) is 3.44. The predicted octanol–water partition coefficient (Wildman–Crippen LogP) is 5.20. The van der Waals surface area contributed by atoms with Crippen LogP contribution in [0.1, 0.15) is 28.5 Å². The lowest BCUT2D eigenvalue weighted by Crippen LogP contribution is -2.14. The largest absolute Gasteiger partial charge is 0.497 e. The van der Waals surface area contributed by atoms with Crippen LogP contribution in [-0.2, 0) is 4.74 Å². The molecule has 0 spiro atoms. The van der Waals surface area contributed by atoms with Crippen LogP contribution in [0.5, 0.6) is 5.75 Å². The van der Waals surface area contributed by atoms with Crippen molar-refractivity contribution in [2.45, 2.75) is 20.8 Å². The molecular weight excluding hydrogens is 420 g/mol. The van der Waals surface area contributed by atoms with Gasteiger partial charge in [0.1, 0.15) is 11.3 Å². The topological polar surface area (TPSA) is 116 Å². The molecular formula is C24H24N6O3. The van der Waals surface area contributed by atoms with Gasteiger partial charge in [-0.15, -0.1) is 10.2 Å². The normalized spacial score (nSPS) is 11.3. The minimum atomic E-state index is -0.476. The third-order valence-corrected chi connectivity index (χ3v) is 5.09. The summed E-state index contributed by atoms with van der Waals surface area (Å²) in [7, 11) is 1.60. The molecule has 0 saturated heterocycles. The molecule has 2 N–H and O–H groups in total. The van der Waals surface area contributed by atoms with Gasteiger partial charge < -0.3 is 15.2 Å². The van der Waals surface area contributed by atoms with Gasteiger partial charge in [-0.25, -0.2) is 14.3 Å². The summed E-state index contributed by atoms with van der Waals surface area (Å²) in [5, 5.41) is 13.0. The Morgan fingerprint density at radius 3 is 2.39 bits per heavy atom. The molecule has 0 fully saturated rings. The second-order valence-corrected chi connectivity index (χ2v) is 7.37. The first-order valence-electron chi connectivity index (χ1n) is 10.4. The van der Waals surface area contributed by atoms with E-state index in [9.17, 15) is 4.79 Å². The van der Waals surface area contributed by atoms with Gasteiger partial charge in [0.15, 0.2) is 17.2 Å². The summed E-state index contributed by atoms with van der Waals surface area (Å²) >= 11 is 0. The summed E-state index contributed by atoms with van der Waals surface area (Å²) in [6.45, 7) is 5.74. The number of carbonyl (C=O) groups excluding carboxylic acids is 1. The summed E-state index contributed by atoms with van der Waals surface area (Å²) < 4.78 is 12.0. The number of nitrogen functional groups attached to an aromatic ring is 1. The van der Waals surface area contributed by atoms with Gasteiger partial charge in [-0.2, -0.15) is 5.11 Å². The zero-order valence-electron chi connectivity index (χ0n) is 18.9. The molecule has 0 saturated carbocycles. The van der Waals surface area contributed by atoms with Crippen LogP contribution in [0.2, 0.25) is 0 Å². The molecule has 0 atom stereocenters. The molecule has 9 heteroatoms. The highest BCUT2D eigenvalue weighted by Gasteiger charge is 2.25. The summed E-state index contributed by atoms with van der Waals surface area (Å²) in [5.74, 6) is 0.389. The van der Waals surface area contributed by atoms with E-state index in [-0.39, 0.29) is 12.4 Å². The maximum absolute atomic E-state index is 12.8. The van der Waals surface area contributed by atoms with Gasteiger partial charge in [-0.3, -0.25) is 0 Å². The molecule has 0 aliphatic heterocycles. The Hall–Kier alpha value is -4.27. The SMILES string of the molecule is CCOC(=O)c1c(C)nc2c(N=Nc3ccc(OC)cc3)c(N)nn2c1-c1ccc(C)cc1. The smallest absolute Gasteiger partial charge is 0.342 e. The Morgan fingerprint density at radius 1 is 1.06 bits per heavy atom. The van der Waals surface area contributed by atoms with Gasteiger partial charge in [0.25, 0.3) is 0 Å². The average Bonchev–Trinajstić information content (AvgIpc) is 3.12. The first-order chi connectivity index (χ1) is 15.9. The summed E-state index contributed by atoms with van der Waals surface area (Å²) in [4.78, 5) is 17.4. The number of nitrogens with two attached hydrogens (primary N) is 1. The number of carbonyl (C=O) groups is 1. The number of esters is 1. The lowest BCUT2D eigenvalue weighted by Gasteiger charge is -2.13. The number of aryl methyl sites for hydroxylation is 2. The van der Waals surface area contributed by atoms with Crippen molar-refractivity contribution < 1.29 is 14.3 Å². The van der Waals surface area contributed by atoms with Crippen LogP contribution in [0.4, 0.5) is 17.2 Å². The fourth-order valence-electron chi connectivity index (χ4n) is 3.44. The first-order valence-corrected chi connectivity index (χ1v) is 10.4. The summed E-state index contributed by atoms with van der Waals surface area (Å²) in [5.41, 5.74) is 10.8. The van der Waals surface area contributed by atoms with Crippen molar-refractivity contribution >= 4 is 28.8 Å². The Kier molecular flexibility index (Phi) is 6.03. The van der Waals surface area contributed by atoms with Gasteiger partial charge in [0.05, 0.1) is 30.8 Å². The first kappa shape index (κ1) is 21.9. The predicted molar refractivity (Wildman–Crippen MR) is 125 cm³/mol. The lowest BCUT2D eigenvalue weighted by atomic mass is 10.0. The molecule has 4 aromatic rings. The van der Waals surface area contributed by atoms with E-state index in [0.717, 1.165) is 16.9 Å². The van der Waals surface area contributed by atoms with E-state index >= 15 is 0 Å². The highest BCUT2D eigenvalue weighted by atomic mass is 16.5. The zero-order valence-corrected chi connectivity index (χ0v) is 18.9. The molecule has 0 unspecified atom stereocenters. The molecule has 2 aromatic carbocycles. The molecule has 9 nitrogen and oxygen atoms in total. The van der Waals surface area contributed by atoms with E-state index in [1.807, 2.05) is 31.2 Å². The Bertz CT molecular complexity index is 1340. The van der Waals surface area contributed by atoms with Crippen molar-refractivity contribution in [1.29, 1.82) is 0 Å². The number of azo groups is 1.